The summed E-state index contributed by atoms with van der Waals surface area (Å²) in [5.74, 6) is 0.0117. The lowest BCUT2D eigenvalue weighted by Gasteiger charge is -1.98. The van der Waals surface area contributed by atoms with E-state index in [9.17, 15) is 9.90 Å². The highest BCUT2D eigenvalue weighted by Gasteiger charge is 2.05. The minimum absolute atomic E-state index is 0.162. The number of aryl methyl sites for hydroxylation is 1. The normalized spacial score (nSPS) is 10.9. The number of hydrogen-bond acceptors (Lipinski definition) is 4. The molecule has 0 saturated carbocycles. The van der Waals surface area contributed by atoms with E-state index >= 15 is 0 Å². The molecule has 2 aromatic rings. The SMILES string of the molecule is Cc1nc(C=Nc2ccccc2)c(O)c(=O)[nH]1. The van der Waals surface area contributed by atoms with Crippen molar-refractivity contribution in [2.45, 2.75) is 6.92 Å². The summed E-state index contributed by atoms with van der Waals surface area (Å²) >= 11 is 0. The summed E-state index contributed by atoms with van der Waals surface area (Å²) in [5, 5.41) is 9.50. The molecule has 0 radical (unpaired) electrons. The molecule has 86 valence electrons. The van der Waals surface area contributed by atoms with Gasteiger partial charge in [0.05, 0.1) is 11.9 Å². The van der Waals surface area contributed by atoms with Crippen molar-refractivity contribution < 1.29 is 5.11 Å². The number of rotatable bonds is 2. The molecule has 17 heavy (non-hydrogen) atoms. The maximum absolute atomic E-state index is 11.3. The van der Waals surface area contributed by atoms with Gasteiger partial charge in [-0.15, -0.1) is 0 Å². The Morgan fingerprint density at radius 3 is 2.76 bits per heavy atom. The molecule has 2 N–H and O–H groups in total. The highest BCUT2D eigenvalue weighted by atomic mass is 16.3. The van der Waals surface area contributed by atoms with Gasteiger partial charge in [0.1, 0.15) is 11.5 Å². The van der Waals surface area contributed by atoms with Crippen LogP contribution < -0.4 is 5.56 Å². The molecule has 0 aliphatic heterocycles. The van der Waals surface area contributed by atoms with Gasteiger partial charge >= 0.3 is 0 Å². The summed E-state index contributed by atoms with van der Waals surface area (Å²) in [5.41, 5.74) is 0.328. The third kappa shape index (κ3) is 2.57. The second kappa shape index (κ2) is 4.61. The molecular formula is C12H11N3O2. The lowest BCUT2D eigenvalue weighted by Crippen LogP contribution is -2.11. The van der Waals surface area contributed by atoms with Gasteiger partial charge in [-0.2, -0.15) is 0 Å². The average molecular weight is 229 g/mol. The van der Waals surface area contributed by atoms with Crippen molar-refractivity contribution in [3.8, 4) is 5.75 Å². The number of aromatic amines is 1. The molecule has 0 bridgehead atoms. The summed E-state index contributed by atoms with van der Waals surface area (Å²) < 4.78 is 0. The van der Waals surface area contributed by atoms with Crippen LogP contribution in [0.5, 0.6) is 5.75 Å². The minimum Gasteiger partial charge on any atom is -0.501 e. The van der Waals surface area contributed by atoms with Gasteiger partial charge in [0.25, 0.3) is 5.56 Å². The first-order chi connectivity index (χ1) is 8.16. The zero-order chi connectivity index (χ0) is 12.3. The van der Waals surface area contributed by atoms with E-state index in [1.165, 1.54) is 6.21 Å². The standard InChI is InChI=1S/C12H11N3O2/c1-8-14-10(11(16)12(17)15-8)7-13-9-5-3-2-4-6-9/h2-7,16H,1H3,(H,14,15,17). The van der Waals surface area contributed by atoms with Crippen molar-refractivity contribution in [1.29, 1.82) is 0 Å². The van der Waals surface area contributed by atoms with Crippen molar-refractivity contribution in [2.24, 2.45) is 4.99 Å². The molecule has 5 nitrogen and oxygen atoms in total. The molecule has 2 rings (SSSR count). The lowest BCUT2D eigenvalue weighted by molar-refractivity contribution is 0.461. The Hall–Kier alpha value is -2.43. The van der Waals surface area contributed by atoms with Crippen LogP contribution in [0.4, 0.5) is 5.69 Å². The number of para-hydroxylation sites is 1. The Bertz CT molecular complexity index is 603. The Morgan fingerprint density at radius 1 is 1.35 bits per heavy atom. The molecule has 0 aliphatic rings. The van der Waals surface area contributed by atoms with E-state index in [0.29, 0.717) is 5.82 Å². The second-order valence-corrected chi connectivity index (χ2v) is 3.48. The van der Waals surface area contributed by atoms with Crippen LogP contribution in [-0.4, -0.2) is 21.3 Å². The van der Waals surface area contributed by atoms with Crippen LogP contribution >= 0.6 is 0 Å². The average Bonchev–Trinajstić information content (AvgIpc) is 2.33. The molecule has 0 spiro atoms. The largest absolute Gasteiger partial charge is 0.501 e. The van der Waals surface area contributed by atoms with Gasteiger partial charge in [0.2, 0.25) is 5.75 Å². The number of aromatic hydroxyl groups is 1. The maximum Gasteiger partial charge on any atom is 0.293 e. The van der Waals surface area contributed by atoms with Crippen molar-refractivity contribution in [2.75, 3.05) is 0 Å². The Balaban J connectivity index is 2.37. The Labute approximate surface area is 97.5 Å². The highest BCUT2D eigenvalue weighted by Crippen LogP contribution is 2.11. The van der Waals surface area contributed by atoms with Gasteiger partial charge in [-0.3, -0.25) is 9.79 Å². The lowest BCUT2D eigenvalue weighted by atomic mass is 10.3. The van der Waals surface area contributed by atoms with E-state index in [4.69, 9.17) is 0 Å². The third-order valence-corrected chi connectivity index (χ3v) is 2.13. The van der Waals surface area contributed by atoms with E-state index in [2.05, 4.69) is 15.0 Å². The van der Waals surface area contributed by atoms with E-state index in [-0.39, 0.29) is 5.69 Å². The molecule has 0 unspecified atom stereocenters. The smallest absolute Gasteiger partial charge is 0.293 e. The highest BCUT2D eigenvalue weighted by molar-refractivity contribution is 5.82. The number of aliphatic imine (C=N–C) groups is 1. The van der Waals surface area contributed by atoms with Gasteiger partial charge in [-0.1, -0.05) is 18.2 Å². The molecule has 0 atom stereocenters. The Kier molecular flexibility index (Phi) is 3.00. The minimum atomic E-state index is -0.563. The summed E-state index contributed by atoms with van der Waals surface area (Å²) in [6, 6.07) is 9.21. The molecular weight excluding hydrogens is 218 g/mol. The molecule has 5 heteroatoms. The van der Waals surface area contributed by atoms with E-state index in [1.807, 2.05) is 30.3 Å². The molecule has 0 saturated heterocycles. The number of aromatic nitrogens is 2. The summed E-state index contributed by atoms with van der Waals surface area (Å²) in [4.78, 5) is 21.8. The van der Waals surface area contributed by atoms with Crippen LogP contribution in [0.3, 0.4) is 0 Å². The zero-order valence-corrected chi connectivity index (χ0v) is 9.21. The quantitative estimate of drug-likeness (QED) is 0.766. The molecule has 0 fully saturated rings. The third-order valence-electron chi connectivity index (χ3n) is 2.13. The van der Waals surface area contributed by atoms with Gasteiger partial charge in [-0.05, 0) is 19.1 Å². The van der Waals surface area contributed by atoms with Crippen LogP contribution in [0.2, 0.25) is 0 Å². The summed E-state index contributed by atoms with van der Waals surface area (Å²) in [7, 11) is 0. The molecule has 0 amide bonds. The second-order valence-electron chi connectivity index (χ2n) is 3.48. The molecule has 0 aliphatic carbocycles. The van der Waals surface area contributed by atoms with Gasteiger partial charge in [-0.25, -0.2) is 4.98 Å². The fourth-order valence-electron chi connectivity index (χ4n) is 1.34. The van der Waals surface area contributed by atoms with Crippen LogP contribution in [0.25, 0.3) is 0 Å². The van der Waals surface area contributed by atoms with Gasteiger partial charge in [0.15, 0.2) is 0 Å². The van der Waals surface area contributed by atoms with Crippen LogP contribution in [0, 0.1) is 6.92 Å². The number of H-pyrrole nitrogens is 1. The first-order valence-corrected chi connectivity index (χ1v) is 5.06. The fourth-order valence-corrected chi connectivity index (χ4v) is 1.34. The van der Waals surface area contributed by atoms with Crippen LogP contribution in [0.1, 0.15) is 11.5 Å². The maximum atomic E-state index is 11.3. The van der Waals surface area contributed by atoms with Gasteiger partial charge < -0.3 is 10.1 Å². The molecule has 1 aromatic carbocycles. The fraction of sp³-hybridized carbons (Fsp3) is 0.0833. The monoisotopic (exact) mass is 229 g/mol. The van der Waals surface area contributed by atoms with Crippen molar-refractivity contribution in [3.05, 3.63) is 52.2 Å². The number of hydrogen-bond donors (Lipinski definition) is 2. The molecule has 1 aromatic heterocycles. The van der Waals surface area contributed by atoms with Crippen molar-refractivity contribution in [1.82, 2.24) is 9.97 Å². The van der Waals surface area contributed by atoms with Gasteiger partial charge in [0, 0.05) is 0 Å². The van der Waals surface area contributed by atoms with Crippen LogP contribution in [-0.2, 0) is 0 Å². The first kappa shape index (κ1) is 11.1. The van der Waals surface area contributed by atoms with Crippen molar-refractivity contribution in [3.63, 3.8) is 0 Å². The summed E-state index contributed by atoms with van der Waals surface area (Å²) in [6.45, 7) is 1.64. The zero-order valence-electron chi connectivity index (χ0n) is 9.21. The molecule has 1 heterocycles. The number of benzene rings is 1. The van der Waals surface area contributed by atoms with E-state index in [1.54, 1.807) is 6.92 Å². The van der Waals surface area contributed by atoms with Crippen LogP contribution in [0.15, 0.2) is 40.1 Å². The topological polar surface area (TPSA) is 78.3 Å². The van der Waals surface area contributed by atoms with E-state index in [0.717, 1.165) is 5.69 Å². The van der Waals surface area contributed by atoms with Crippen molar-refractivity contribution >= 4 is 11.9 Å². The predicted molar refractivity (Wildman–Crippen MR) is 65.0 cm³/mol. The summed E-state index contributed by atoms with van der Waals surface area (Å²) in [6.07, 6.45) is 1.37. The first-order valence-electron chi connectivity index (χ1n) is 5.06. The predicted octanol–water partition coefficient (Wildman–Crippen LogP) is 1.53. The number of nitrogens with zero attached hydrogens (tertiary/aromatic N) is 2. The number of nitrogens with one attached hydrogen (secondary N) is 1. The van der Waals surface area contributed by atoms with E-state index < -0.39 is 11.3 Å². The Morgan fingerprint density at radius 2 is 2.06 bits per heavy atom.